The maximum Gasteiger partial charge on any atom is 0.310 e. The SMILES string of the molecule is COC(=O)[C@@H]1[C@@H](C(=O)OC)[C@H]2C=C[C@H]1CC2. The number of methoxy groups -OCH3 is 2. The zero-order valence-electron chi connectivity index (χ0n) is 9.51. The van der Waals surface area contributed by atoms with E-state index in [1.165, 1.54) is 14.2 Å². The van der Waals surface area contributed by atoms with Crippen LogP contribution in [0.2, 0.25) is 0 Å². The topological polar surface area (TPSA) is 52.6 Å². The van der Waals surface area contributed by atoms with Crippen molar-refractivity contribution in [2.75, 3.05) is 14.2 Å². The number of esters is 2. The molecule has 3 aliphatic carbocycles. The Morgan fingerprint density at radius 1 is 0.938 bits per heavy atom. The Hall–Kier alpha value is -1.32. The van der Waals surface area contributed by atoms with Crippen molar-refractivity contribution < 1.29 is 19.1 Å². The van der Waals surface area contributed by atoms with Gasteiger partial charge in [-0.3, -0.25) is 9.59 Å². The van der Waals surface area contributed by atoms with Crippen LogP contribution in [0.1, 0.15) is 12.8 Å². The molecular formula is C12H16O4. The molecule has 1 fully saturated rings. The second-order valence-corrected chi connectivity index (χ2v) is 4.39. The lowest BCUT2D eigenvalue weighted by molar-refractivity contribution is -0.164. The third-order valence-electron chi connectivity index (χ3n) is 3.69. The van der Waals surface area contributed by atoms with E-state index in [9.17, 15) is 9.59 Å². The van der Waals surface area contributed by atoms with Crippen LogP contribution in [-0.2, 0) is 19.1 Å². The number of ether oxygens (including phenoxy) is 2. The van der Waals surface area contributed by atoms with E-state index in [-0.39, 0.29) is 35.6 Å². The van der Waals surface area contributed by atoms with Gasteiger partial charge in [0, 0.05) is 0 Å². The van der Waals surface area contributed by atoms with Crippen LogP contribution >= 0.6 is 0 Å². The predicted molar refractivity (Wildman–Crippen MR) is 56.4 cm³/mol. The van der Waals surface area contributed by atoms with E-state index in [2.05, 4.69) is 0 Å². The van der Waals surface area contributed by atoms with Crippen LogP contribution < -0.4 is 0 Å². The number of rotatable bonds is 2. The van der Waals surface area contributed by atoms with Gasteiger partial charge in [-0.15, -0.1) is 0 Å². The van der Waals surface area contributed by atoms with E-state index >= 15 is 0 Å². The molecule has 4 heteroatoms. The van der Waals surface area contributed by atoms with Crippen LogP contribution in [-0.4, -0.2) is 26.2 Å². The molecule has 0 aromatic carbocycles. The molecule has 0 heterocycles. The van der Waals surface area contributed by atoms with E-state index in [4.69, 9.17) is 9.47 Å². The van der Waals surface area contributed by atoms with E-state index in [0.717, 1.165) is 12.8 Å². The molecule has 3 rings (SSSR count). The molecule has 0 amide bonds. The van der Waals surface area contributed by atoms with Gasteiger partial charge in [-0.05, 0) is 24.7 Å². The van der Waals surface area contributed by atoms with Gasteiger partial charge in [0.15, 0.2) is 0 Å². The molecule has 16 heavy (non-hydrogen) atoms. The fourth-order valence-electron chi connectivity index (χ4n) is 2.91. The van der Waals surface area contributed by atoms with Crippen molar-refractivity contribution in [2.45, 2.75) is 12.8 Å². The van der Waals surface area contributed by atoms with Gasteiger partial charge in [0.05, 0.1) is 26.1 Å². The minimum atomic E-state index is -0.360. The lowest BCUT2D eigenvalue weighted by atomic mass is 9.62. The van der Waals surface area contributed by atoms with E-state index in [1.54, 1.807) is 0 Å². The van der Waals surface area contributed by atoms with E-state index < -0.39 is 0 Å². The molecule has 0 saturated heterocycles. The number of carbonyl (C=O) groups excluding carboxylic acids is 2. The van der Waals surface area contributed by atoms with E-state index in [1.807, 2.05) is 12.2 Å². The van der Waals surface area contributed by atoms with Gasteiger partial charge in [0.25, 0.3) is 0 Å². The van der Waals surface area contributed by atoms with Crippen LogP contribution in [0.5, 0.6) is 0 Å². The maximum atomic E-state index is 11.7. The Morgan fingerprint density at radius 3 is 1.56 bits per heavy atom. The summed E-state index contributed by atoms with van der Waals surface area (Å²) in [5.41, 5.74) is 0. The fourth-order valence-corrected chi connectivity index (χ4v) is 2.91. The molecule has 3 aliphatic rings. The number of fused-ring (bicyclic) bond motifs is 2. The van der Waals surface area contributed by atoms with Gasteiger partial charge in [-0.1, -0.05) is 12.2 Å². The average Bonchev–Trinajstić information content (AvgIpc) is 2.37. The van der Waals surface area contributed by atoms with Gasteiger partial charge in [0.1, 0.15) is 0 Å². The number of allylic oxidation sites excluding steroid dienone is 2. The largest absolute Gasteiger partial charge is 0.469 e. The van der Waals surface area contributed by atoms with Crippen LogP contribution in [0.25, 0.3) is 0 Å². The highest BCUT2D eigenvalue weighted by Gasteiger charge is 2.49. The van der Waals surface area contributed by atoms with Crippen LogP contribution in [0, 0.1) is 23.7 Å². The Morgan fingerprint density at radius 2 is 1.31 bits per heavy atom. The third kappa shape index (κ3) is 1.62. The molecule has 0 spiro atoms. The van der Waals surface area contributed by atoms with Crippen molar-refractivity contribution >= 4 is 11.9 Å². The van der Waals surface area contributed by atoms with Crippen molar-refractivity contribution in [1.29, 1.82) is 0 Å². The van der Waals surface area contributed by atoms with Gasteiger partial charge < -0.3 is 9.47 Å². The standard InChI is InChI=1S/C12H16O4/c1-15-11(13)9-7-3-5-8(6-4-7)10(9)12(14)16-2/h3,5,7-10H,4,6H2,1-2H3/t7-,8-,9-,10-/m0/s1. The first-order valence-electron chi connectivity index (χ1n) is 5.53. The minimum absolute atomic E-state index is 0.126. The summed E-state index contributed by atoms with van der Waals surface area (Å²) < 4.78 is 9.57. The van der Waals surface area contributed by atoms with Crippen molar-refractivity contribution in [3.63, 3.8) is 0 Å². The highest BCUT2D eigenvalue weighted by Crippen LogP contribution is 2.45. The summed E-state index contributed by atoms with van der Waals surface area (Å²) in [6.45, 7) is 0. The summed E-state index contributed by atoms with van der Waals surface area (Å²) in [4.78, 5) is 23.4. The first-order valence-corrected chi connectivity index (χ1v) is 5.53. The summed E-state index contributed by atoms with van der Waals surface area (Å²) in [6, 6.07) is 0. The Labute approximate surface area is 94.6 Å². The molecule has 0 radical (unpaired) electrons. The molecule has 0 unspecified atom stereocenters. The molecule has 4 nitrogen and oxygen atoms in total. The Bertz CT molecular complexity index is 302. The van der Waals surface area contributed by atoms with Crippen LogP contribution in [0.15, 0.2) is 12.2 Å². The minimum Gasteiger partial charge on any atom is -0.469 e. The number of carbonyl (C=O) groups is 2. The van der Waals surface area contributed by atoms with Gasteiger partial charge in [-0.2, -0.15) is 0 Å². The first kappa shape index (κ1) is 11.2. The molecular weight excluding hydrogens is 208 g/mol. The average molecular weight is 224 g/mol. The van der Waals surface area contributed by atoms with Crippen LogP contribution in [0.4, 0.5) is 0 Å². The van der Waals surface area contributed by atoms with Crippen molar-refractivity contribution in [2.24, 2.45) is 23.7 Å². The van der Waals surface area contributed by atoms with Crippen molar-refractivity contribution in [3.8, 4) is 0 Å². The zero-order chi connectivity index (χ0) is 11.7. The first-order chi connectivity index (χ1) is 7.69. The lowest BCUT2D eigenvalue weighted by Gasteiger charge is -2.41. The third-order valence-corrected chi connectivity index (χ3v) is 3.69. The summed E-state index contributed by atoms with van der Waals surface area (Å²) in [5.74, 6) is -1.06. The molecule has 4 atom stereocenters. The summed E-state index contributed by atoms with van der Waals surface area (Å²) in [5, 5.41) is 0. The predicted octanol–water partition coefficient (Wildman–Crippen LogP) is 1.16. The molecule has 0 aromatic heterocycles. The monoisotopic (exact) mass is 224 g/mol. The summed E-state index contributed by atoms with van der Waals surface area (Å²) >= 11 is 0. The Balaban J connectivity index is 2.29. The number of hydrogen-bond donors (Lipinski definition) is 0. The quantitative estimate of drug-likeness (QED) is 0.521. The second-order valence-electron chi connectivity index (χ2n) is 4.39. The molecule has 1 saturated carbocycles. The highest BCUT2D eigenvalue weighted by molar-refractivity contribution is 5.83. The van der Waals surface area contributed by atoms with Crippen LogP contribution in [0.3, 0.4) is 0 Å². The van der Waals surface area contributed by atoms with Crippen molar-refractivity contribution in [3.05, 3.63) is 12.2 Å². The number of hydrogen-bond acceptors (Lipinski definition) is 4. The summed E-state index contributed by atoms with van der Waals surface area (Å²) in [6.07, 6.45) is 5.98. The van der Waals surface area contributed by atoms with Gasteiger partial charge in [0.2, 0.25) is 0 Å². The van der Waals surface area contributed by atoms with Crippen molar-refractivity contribution in [1.82, 2.24) is 0 Å². The Kier molecular flexibility index (Phi) is 2.99. The second kappa shape index (κ2) is 4.28. The van der Waals surface area contributed by atoms with Gasteiger partial charge in [-0.25, -0.2) is 0 Å². The lowest BCUT2D eigenvalue weighted by Crippen LogP contribution is -2.46. The normalized spacial score (nSPS) is 35.9. The highest BCUT2D eigenvalue weighted by atomic mass is 16.5. The molecule has 88 valence electrons. The maximum absolute atomic E-state index is 11.7. The van der Waals surface area contributed by atoms with E-state index in [0.29, 0.717) is 0 Å². The smallest absolute Gasteiger partial charge is 0.310 e. The molecule has 0 aliphatic heterocycles. The van der Waals surface area contributed by atoms with Gasteiger partial charge >= 0.3 is 11.9 Å². The summed E-state index contributed by atoms with van der Waals surface area (Å²) in [7, 11) is 2.73. The molecule has 0 aromatic rings. The molecule has 0 N–H and O–H groups in total. The fraction of sp³-hybridized carbons (Fsp3) is 0.667. The molecule has 2 bridgehead atoms. The zero-order valence-corrected chi connectivity index (χ0v) is 9.51.